The minimum Gasteiger partial charge on any atom is -0.436 e. The molecule has 4 saturated carbocycles. The van der Waals surface area contributed by atoms with Crippen molar-refractivity contribution in [1.29, 1.82) is 0 Å². The van der Waals surface area contributed by atoms with Crippen LogP contribution in [0, 0.1) is 46.3 Å². The lowest BCUT2D eigenvalue weighted by atomic mass is 9.44. The largest absolute Gasteiger partial charge is 0.436 e. The number of ether oxygens (including phenoxy) is 1. The Morgan fingerprint density at radius 1 is 1.10 bits per heavy atom. The molecule has 0 saturated heterocycles. The van der Waals surface area contributed by atoms with E-state index in [-0.39, 0.29) is 5.97 Å². The Balaban J connectivity index is 1.46. The first-order valence-electron chi connectivity index (χ1n) is 12.6. The molecule has 0 radical (unpaired) electrons. The summed E-state index contributed by atoms with van der Waals surface area (Å²) in [4.78, 5) is 23.6. The van der Waals surface area contributed by atoms with Crippen LogP contribution in [0.2, 0.25) is 0 Å². The SMILES string of the molecule is CCC(=O)OC(O)CC(C)C1CC[C@H]2[C@@H]3CCC4CC(=O)CC[C@]4(C)[C@@H]3CC[C@]12C. The van der Waals surface area contributed by atoms with Crippen molar-refractivity contribution in [1.82, 2.24) is 0 Å². The standard InChI is InChI=1S/C26H42O4/c1-5-23(28)30-24(29)14-16(2)20-8-9-21-19-7-6-17-15-18(27)10-12-25(17,3)22(19)11-13-26(20,21)4/h16-17,19-22,24,29H,5-15H2,1-4H3/t16?,17?,19-,20?,21-,22+,24?,25-,26+/m0/s1. The maximum atomic E-state index is 12.1. The van der Waals surface area contributed by atoms with Gasteiger partial charge in [0, 0.05) is 25.7 Å². The van der Waals surface area contributed by atoms with E-state index in [4.69, 9.17) is 4.74 Å². The van der Waals surface area contributed by atoms with E-state index in [0.29, 0.717) is 47.2 Å². The smallest absolute Gasteiger partial charge is 0.307 e. The fourth-order valence-electron chi connectivity index (χ4n) is 8.79. The molecule has 4 nitrogen and oxygen atoms in total. The molecule has 0 bridgehead atoms. The van der Waals surface area contributed by atoms with E-state index in [2.05, 4.69) is 20.8 Å². The van der Waals surface area contributed by atoms with Gasteiger partial charge in [-0.1, -0.05) is 27.7 Å². The van der Waals surface area contributed by atoms with Gasteiger partial charge in [-0.2, -0.15) is 0 Å². The van der Waals surface area contributed by atoms with Gasteiger partial charge in [-0.15, -0.1) is 0 Å². The maximum Gasteiger partial charge on any atom is 0.307 e. The number of Topliss-reactive ketones (excluding diaryl/α,β-unsaturated/α-hetero) is 1. The Bertz CT molecular complexity index is 674. The van der Waals surface area contributed by atoms with Crippen molar-refractivity contribution in [2.45, 2.75) is 105 Å². The number of carbonyl (C=O) groups is 2. The second-order valence-corrected chi connectivity index (χ2v) is 11.6. The van der Waals surface area contributed by atoms with E-state index in [9.17, 15) is 14.7 Å². The summed E-state index contributed by atoms with van der Waals surface area (Å²) in [6.45, 7) is 9.04. The van der Waals surface area contributed by atoms with Crippen LogP contribution in [0.3, 0.4) is 0 Å². The number of aliphatic hydroxyl groups is 1. The highest BCUT2D eigenvalue weighted by Gasteiger charge is 2.60. The Labute approximate surface area is 182 Å². The summed E-state index contributed by atoms with van der Waals surface area (Å²) in [6.07, 6.45) is 10.3. The summed E-state index contributed by atoms with van der Waals surface area (Å²) in [7, 11) is 0. The number of carbonyl (C=O) groups excluding carboxylic acids is 2. The number of aliphatic hydroxyl groups excluding tert-OH is 1. The van der Waals surface area contributed by atoms with Crippen LogP contribution < -0.4 is 0 Å². The number of fused-ring (bicyclic) bond motifs is 5. The minimum absolute atomic E-state index is 0.309. The predicted octanol–water partition coefficient (Wildman–Crippen LogP) is 5.51. The molecule has 4 unspecified atom stereocenters. The normalized spacial score (nSPS) is 45.1. The Morgan fingerprint density at radius 2 is 1.83 bits per heavy atom. The molecule has 4 heteroatoms. The number of hydrogen-bond acceptors (Lipinski definition) is 4. The molecule has 0 spiro atoms. The minimum atomic E-state index is -0.972. The second kappa shape index (κ2) is 8.22. The Kier molecular flexibility index (Phi) is 6.11. The average Bonchev–Trinajstić information content (AvgIpc) is 3.05. The van der Waals surface area contributed by atoms with Crippen molar-refractivity contribution in [3.63, 3.8) is 0 Å². The molecule has 4 fully saturated rings. The van der Waals surface area contributed by atoms with Gasteiger partial charge in [0.25, 0.3) is 0 Å². The zero-order valence-corrected chi connectivity index (χ0v) is 19.5. The number of ketones is 1. The van der Waals surface area contributed by atoms with Crippen LogP contribution in [0.1, 0.15) is 98.3 Å². The summed E-state index contributed by atoms with van der Waals surface area (Å²) in [5, 5.41) is 10.3. The molecule has 9 atom stereocenters. The zero-order valence-electron chi connectivity index (χ0n) is 19.5. The van der Waals surface area contributed by atoms with Crippen molar-refractivity contribution in [2.75, 3.05) is 0 Å². The van der Waals surface area contributed by atoms with Crippen LogP contribution in [-0.4, -0.2) is 23.1 Å². The topological polar surface area (TPSA) is 63.6 Å². The lowest BCUT2D eigenvalue weighted by Gasteiger charge is -2.60. The molecular weight excluding hydrogens is 376 g/mol. The molecule has 0 heterocycles. The molecule has 0 aromatic heterocycles. The third kappa shape index (κ3) is 3.65. The molecule has 0 amide bonds. The summed E-state index contributed by atoms with van der Waals surface area (Å²) in [5.74, 6) is 4.10. The van der Waals surface area contributed by atoms with Gasteiger partial charge in [0.15, 0.2) is 0 Å². The van der Waals surface area contributed by atoms with Gasteiger partial charge >= 0.3 is 5.97 Å². The van der Waals surface area contributed by atoms with Gasteiger partial charge in [0.2, 0.25) is 6.29 Å². The summed E-state index contributed by atoms with van der Waals surface area (Å²) < 4.78 is 5.15. The van der Waals surface area contributed by atoms with E-state index in [1.54, 1.807) is 6.92 Å². The first-order chi connectivity index (χ1) is 14.2. The van der Waals surface area contributed by atoms with Crippen molar-refractivity contribution in [2.24, 2.45) is 46.3 Å². The summed E-state index contributed by atoms with van der Waals surface area (Å²) in [5.41, 5.74) is 0.704. The first-order valence-corrected chi connectivity index (χ1v) is 12.6. The van der Waals surface area contributed by atoms with E-state index in [0.717, 1.165) is 37.0 Å². The lowest BCUT2D eigenvalue weighted by Crippen LogP contribution is -2.53. The fraction of sp³-hybridized carbons (Fsp3) is 0.923. The second-order valence-electron chi connectivity index (χ2n) is 11.6. The third-order valence-electron chi connectivity index (χ3n) is 10.4. The first kappa shape index (κ1) is 22.3. The quantitative estimate of drug-likeness (QED) is 0.472. The molecule has 0 aromatic rings. The third-order valence-corrected chi connectivity index (χ3v) is 10.4. The van der Waals surface area contributed by atoms with Crippen LogP contribution in [0.25, 0.3) is 0 Å². The van der Waals surface area contributed by atoms with Crippen molar-refractivity contribution in [3.05, 3.63) is 0 Å². The lowest BCUT2D eigenvalue weighted by molar-refractivity contribution is -0.171. The summed E-state index contributed by atoms with van der Waals surface area (Å²) >= 11 is 0. The monoisotopic (exact) mass is 418 g/mol. The molecule has 170 valence electrons. The van der Waals surface area contributed by atoms with Gasteiger partial charge in [-0.25, -0.2) is 0 Å². The molecule has 1 N–H and O–H groups in total. The highest BCUT2D eigenvalue weighted by atomic mass is 16.6. The highest BCUT2D eigenvalue weighted by Crippen LogP contribution is 2.68. The zero-order chi connectivity index (χ0) is 21.7. The van der Waals surface area contributed by atoms with E-state index >= 15 is 0 Å². The van der Waals surface area contributed by atoms with Crippen LogP contribution >= 0.6 is 0 Å². The van der Waals surface area contributed by atoms with E-state index in [1.807, 2.05) is 0 Å². The maximum absolute atomic E-state index is 12.1. The number of hydrogen-bond donors (Lipinski definition) is 1. The van der Waals surface area contributed by atoms with Crippen molar-refractivity contribution in [3.8, 4) is 0 Å². The number of esters is 1. The molecule has 30 heavy (non-hydrogen) atoms. The van der Waals surface area contributed by atoms with Crippen molar-refractivity contribution < 1.29 is 19.4 Å². The Hall–Kier alpha value is -0.900. The summed E-state index contributed by atoms with van der Waals surface area (Å²) in [6, 6.07) is 0. The van der Waals surface area contributed by atoms with Crippen molar-refractivity contribution >= 4 is 11.8 Å². The molecular formula is C26H42O4. The molecule has 0 aromatic carbocycles. The number of rotatable bonds is 5. The van der Waals surface area contributed by atoms with Gasteiger partial charge in [-0.05, 0) is 91.3 Å². The van der Waals surface area contributed by atoms with Crippen LogP contribution in [-0.2, 0) is 14.3 Å². The molecule has 4 aliphatic carbocycles. The van der Waals surface area contributed by atoms with E-state index < -0.39 is 6.29 Å². The van der Waals surface area contributed by atoms with Crippen LogP contribution in [0.5, 0.6) is 0 Å². The molecule has 0 aliphatic heterocycles. The highest BCUT2D eigenvalue weighted by molar-refractivity contribution is 5.79. The van der Waals surface area contributed by atoms with Crippen LogP contribution in [0.4, 0.5) is 0 Å². The molecule has 4 aliphatic rings. The average molecular weight is 419 g/mol. The van der Waals surface area contributed by atoms with Gasteiger partial charge in [0.05, 0.1) is 0 Å². The van der Waals surface area contributed by atoms with E-state index in [1.165, 1.54) is 38.5 Å². The van der Waals surface area contributed by atoms with Gasteiger partial charge in [-0.3, -0.25) is 9.59 Å². The predicted molar refractivity (Wildman–Crippen MR) is 116 cm³/mol. The fourth-order valence-corrected chi connectivity index (χ4v) is 8.79. The van der Waals surface area contributed by atoms with Gasteiger partial charge < -0.3 is 9.84 Å². The Morgan fingerprint density at radius 3 is 2.57 bits per heavy atom. The van der Waals surface area contributed by atoms with Crippen LogP contribution in [0.15, 0.2) is 0 Å². The molecule has 4 rings (SSSR count). The van der Waals surface area contributed by atoms with Gasteiger partial charge in [0.1, 0.15) is 5.78 Å².